The van der Waals surface area contributed by atoms with E-state index in [1.165, 1.54) is 12.3 Å². The number of nitrogens with one attached hydrogen (secondary N) is 2. The van der Waals surface area contributed by atoms with Crippen molar-refractivity contribution in [3.63, 3.8) is 0 Å². The molecule has 11 nitrogen and oxygen atoms in total. The molecule has 1 unspecified atom stereocenters. The Balaban J connectivity index is 1.67. The molecule has 0 radical (unpaired) electrons. The van der Waals surface area contributed by atoms with Crippen LogP contribution in [0.4, 0.5) is 11.4 Å². The van der Waals surface area contributed by atoms with Crippen LogP contribution < -0.4 is 25.1 Å². The Hall–Kier alpha value is -4.15. The van der Waals surface area contributed by atoms with Gasteiger partial charge in [0.15, 0.2) is 11.5 Å². The minimum absolute atomic E-state index is 0.0775. The molecule has 1 aliphatic rings. The number of hydrogen-bond donors (Lipinski definition) is 2. The van der Waals surface area contributed by atoms with E-state index in [-0.39, 0.29) is 18.4 Å². The van der Waals surface area contributed by atoms with Gasteiger partial charge in [-0.1, -0.05) is 19.9 Å². The number of amides is 2. The van der Waals surface area contributed by atoms with Gasteiger partial charge >= 0.3 is 0 Å². The number of fused-ring (bicyclic) bond motifs is 1. The third-order valence-electron chi connectivity index (χ3n) is 4.94. The fraction of sp³-hybridized carbons (Fsp3) is 0.318. The fourth-order valence-corrected chi connectivity index (χ4v) is 3.18. The van der Waals surface area contributed by atoms with Crippen LogP contribution in [-0.2, 0) is 4.79 Å². The first-order valence-electron chi connectivity index (χ1n) is 10.2. The average molecular weight is 455 g/mol. The smallest absolute Gasteiger partial charge is 0.293 e. The number of nitrogens with zero attached hydrogens (tertiary/aromatic N) is 3. The highest BCUT2D eigenvalue weighted by atomic mass is 16.7. The van der Waals surface area contributed by atoms with E-state index in [0.717, 1.165) is 0 Å². The molecule has 0 saturated heterocycles. The number of carbonyl (C=O) groups is 2. The van der Waals surface area contributed by atoms with Crippen LogP contribution in [0.15, 0.2) is 41.5 Å². The Morgan fingerprint density at radius 3 is 2.55 bits per heavy atom. The van der Waals surface area contributed by atoms with Crippen LogP contribution in [0.5, 0.6) is 11.5 Å². The Bertz CT molecular complexity index is 1100. The predicted octanol–water partition coefficient (Wildman–Crippen LogP) is 2.29. The van der Waals surface area contributed by atoms with Gasteiger partial charge in [-0.25, -0.2) is 5.43 Å². The highest BCUT2D eigenvalue weighted by Crippen LogP contribution is 2.32. The minimum atomic E-state index is -0.856. The van der Waals surface area contributed by atoms with Crippen LogP contribution in [0.2, 0.25) is 0 Å². The van der Waals surface area contributed by atoms with Gasteiger partial charge in [0.1, 0.15) is 11.7 Å². The molecule has 3 rings (SSSR count). The zero-order chi connectivity index (χ0) is 24.1. The van der Waals surface area contributed by atoms with Crippen LogP contribution in [0.1, 0.15) is 29.8 Å². The lowest BCUT2D eigenvalue weighted by molar-refractivity contribution is -0.384. The molecule has 2 amide bonds. The van der Waals surface area contributed by atoms with Crippen molar-refractivity contribution >= 4 is 29.4 Å². The van der Waals surface area contributed by atoms with E-state index in [1.54, 1.807) is 63.2 Å². The van der Waals surface area contributed by atoms with Gasteiger partial charge in [-0.05, 0) is 30.2 Å². The normalized spacial score (nSPS) is 13.1. The molecule has 174 valence electrons. The lowest BCUT2D eigenvalue weighted by Crippen LogP contribution is -2.48. The maximum atomic E-state index is 12.7. The first-order chi connectivity index (χ1) is 15.7. The number of hydrogen-bond acceptors (Lipinski definition) is 8. The summed E-state index contributed by atoms with van der Waals surface area (Å²) in [6.07, 6.45) is 1.31. The molecule has 0 aromatic heterocycles. The molecule has 0 spiro atoms. The van der Waals surface area contributed by atoms with Gasteiger partial charge in [0, 0.05) is 31.3 Å². The highest BCUT2D eigenvalue weighted by molar-refractivity contribution is 5.98. The molecule has 33 heavy (non-hydrogen) atoms. The summed E-state index contributed by atoms with van der Waals surface area (Å²) in [4.78, 5) is 37.8. The molecule has 0 fully saturated rings. The van der Waals surface area contributed by atoms with Crippen LogP contribution in [-0.4, -0.2) is 49.9 Å². The van der Waals surface area contributed by atoms with Crippen molar-refractivity contribution in [2.75, 3.05) is 25.8 Å². The number of nitro benzene ring substituents is 1. The molecule has 0 aliphatic carbocycles. The van der Waals surface area contributed by atoms with E-state index in [9.17, 15) is 19.7 Å². The highest BCUT2D eigenvalue weighted by Gasteiger charge is 2.25. The van der Waals surface area contributed by atoms with E-state index < -0.39 is 22.8 Å². The van der Waals surface area contributed by atoms with Crippen molar-refractivity contribution in [3.8, 4) is 11.5 Å². The summed E-state index contributed by atoms with van der Waals surface area (Å²) < 4.78 is 10.5. The van der Waals surface area contributed by atoms with Gasteiger partial charge in [-0.3, -0.25) is 19.7 Å². The minimum Gasteiger partial charge on any atom is -0.454 e. The topological polar surface area (TPSA) is 135 Å². The summed E-state index contributed by atoms with van der Waals surface area (Å²) in [6, 6.07) is 8.53. The number of hydrazone groups is 1. The van der Waals surface area contributed by atoms with Crippen LogP contribution in [0.25, 0.3) is 0 Å². The molecule has 2 aromatic carbocycles. The van der Waals surface area contributed by atoms with Gasteiger partial charge in [0.2, 0.25) is 6.79 Å². The summed E-state index contributed by atoms with van der Waals surface area (Å²) in [5.41, 5.74) is 3.53. The fourth-order valence-electron chi connectivity index (χ4n) is 3.18. The Morgan fingerprint density at radius 1 is 1.15 bits per heavy atom. The molecule has 0 bridgehead atoms. The van der Waals surface area contributed by atoms with E-state index in [2.05, 4.69) is 15.8 Å². The second-order valence-electron chi connectivity index (χ2n) is 7.90. The van der Waals surface area contributed by atoms with E-state index in [4.69, 9.17) is 9.47 Å². The molecule has 11 heteroatoms. The zero-order valence-corrected chi connectivity index (χ0v) is 18.7. The maximum Gasteiger partial charge on any atom is 0.293 e. The largest absolute Gasteiger partial charge is 0.454 e. The van der Waals surface area contributed by atoms with E-state index in [0.29, 0.717) is 28.3 Å². The van der Waals surface area contributed by atoms with E-state index in [1.807, 2.05) is 0 Å². The van der Waals surface area contributed by atoms with E-state index >= 15 is 0 Å². The van der Waals surface area contributed by atoms with Crippen molar-refractivity contribution in [1.82, 2.24) is 10.7 Å². The standard InChI is InChI=1S/C22H25N5O6/c1-13(2)20(24-21(28)15-6-8-18-19(10-15)33-12-32-18)22(29)25-23-11-14-5-7-16(26(3)4)17(9-14)27(30)31/h5-11,13,20H,12H2,1-4H3,(H,24,28)(H,25,29)/b23-11+. The number of anilines is 1. The van der Waals surface area contributed by atoms with Gasteiger partial charge in [-0.2, -0.15) is 5.10 Å². The SMILES string of the molecule is CC(C)C(NC(=O)c1ccc2c(c1)OCO2)C(=O)N/N=C/c1ccc(N(C)C)c([N+](=O)[O-])c1. The lowest BCUT2D eigenvalue weighted by Gasteiger charge is -2.20. The Labute approximate surface area is 190 Å². The number of rotatable bonds is 8. The molecule has 2 aromatic rings. The lowest BCUT2D eigenvalue weighted by atomic mass is 10.0. The average Bonchev–Trinajstić information content (AvgIpc) is 3.24. The molecular formula is C22H25N5O6. The first-order valence-corrected chi connectivity index (χ1v) is 10.2. The maximum absolute atomic E-state index is 12.7. The summed E-state index contributed by atoms with van der Waals surface area (Å²) >= 11 is 0. The summed E-state index contributed by atoms with van der Waals surface area (Å²) in [5.74, 6) is -0.167. The Morgan fingerprint density at radius 2 is 1.88 bits per heavy atom. The predicted molar refractivity (Wildman–Crippen MR) is 122 cm³/mol. The van der Waals surface area contributed by atoms with Crippen molar-refractivity contribution in [2.24, 2.45) is 11.0 Å². The zero-order valence-electron chi connectivity index (χ0n) is 18.7. The third-order valence-corrected chi connectivity index (χ3v) is 4.94. The monoisotopic (exact) mass is 455 g/mol. The van der Waals surface area contributed by atoms with Gasteiger partial charge in [0.05, 0.1) is 11.1 Å². The van der Waals surface area contributed by atoms with Gasteiger partial charge in [-0.15, -0.1) is 0 Å². The van der Waals surface area contributed by atoms with Crippen LogP contribution in [0.3, 0.4) is 0 Å². The third kappa shape index (κ3) is 5.56. The quantitative estimate of drug-likeness (QED) is 0.354. The van der Waals surface area contributed by atoms with Crippen molar-refractivity contribution < 1.29 is 24.0 Å². The second kappa shape index (κ2) is 9.98. The first kappa shape index (κ1) is 23.5. The summed E-state index contributed by atoms with van der Waals surface area (Å²) in [5, 5.41) is 17.9. The summed E-state index contributed by atoms with van der Waals surface area (Å²) in [6.45, 7) is 3.67. The number of benzene rings is 2. The number of nitro groups is 1. The molecule has 2 N–H and O–H groups in total. The number of ether oxygens (including phenoxy) is 2. The van der Waals surface area contributed by atoms with Crippen LogP contribution in [0, 0.1) is 16.0 Å². The van der Waals surface area contributed by atoms with Crippen LogP contribution >= 0.6 is 0 Å². The Kier molecular flexibility index (Phi) is 7.11. The van der Waals surface area contributed by atoms with Crippen molar-refractivity contribution in [2.45, 2.75) is 19.9 Å². The van der Waals surface area contributed by atoms with Gasteiger partial charge in [0.25, 0.3) is 17.5 Å². The van der Waals surface area contributed by atoms with Crippen molar-refractivity contribution in [1.29, 1.82) is 0 Å². The molecule has 1 atom stereocenters. The molecular weight excluding hydrogens is 430 g/mol. The molecule has 0 saturated carbocycles. The van der Waals surface area contributed by atoms with Gasteiger partial charge < -0.3 is 19.7 Å². The molecule has 1 aliphatic heterocycles. The summed E-state index contributed by atoms with van der Waals surface area (Å²) in [7, 11) is 3.42. The van der Waals surface area contributed by atoms with Crippen molar-refractivity contribution in [3.05, 3.63) is 57.6 Å². The molecule has 1 heterocycles. The number of carbonyl (C=O) groups excluding carboxylic acids is 2. The second-order valence-corrected chi connectivity index (χ2v) is 7.90.